The maximum Gasteiger partial charge on any atom is 0.128 e. The van der Waals surface area contributed by atoms with Crippen LogP contribution in [0.15, 0.2) is 46.9 Å². The van der Waals surface area contributed by atoms with Gasteiger partial charge in [-0.05, 0) is 54.7 Å². The maximum atomic E-state index is 9.62. The van der Waals surface area contributed by atoms with Gasteiger partial charge in [-0.15, -0.1) is 0 Å². The molecule has 2 nitrogen and oxygen atoms in total. The van der Waals surface area contributed by atoms with Crippen LogP contribution in [-0.4, -0.2) is 5.11 Å². The summed E-state index contributed by atoms with van der Waals surface area (Å²) in [6.45, 7) is 6.16. The lowest BCUT2D eigenvalue weighted by atomic mass is 9.99. The standard InChI is InChI=1S/C18H21BrO2/c1-4-12(2)14-5-7-15(8-6-14)21-16-9-10-17(13(3)20)18(19)11-16/h5-13,20H,4H2,1-3H3. The Morgan fingerprint density at radius 3 is 2.19 bits per heavy atom. The van der Waals surface area contributed by atoms with E-state index in [1.165, 1.54) is 5.56 Å². The summed E-state index contributed by atoms with van der Waals surface area (Å²) in [5.41, 5.74) is 2.19. The lowest BCUT2D eigenvalue weighted by Crippen LogP contribution is -1.94. The first kappa shape index (κ1) is 16.1. The van der Waals surface area contributed by atoms with Gasteiger partial charge in [-0.25, -0.2) is 0 Å². The summed E-state index contributed by atoms with van der Waals surface area (Å²) in [5, 5.41) is 9.62. The number of rotatable bonds is 5. The average molecular weight is 349 g/mol. The third kappa shape index (κ3) is 4.08. The Hall–Kier alpha value is -1.32. The molecule has 0 aliphatic heterocycles. The number of hydrogen-bond donors (Lipinski definition) is 1. The van der Waals surface area contributed by atoms with E-state index >= 15 is 0 Å². The van der Waals surface area contributed by atoms with Gasteiger partial charge in [0.15, 0.2) is 0 Å². The van der Waals surface area contributed by atoms with Gasteiger partial charge in [0.25, 0.3) is 0 Å². The Labute approximate surface area is 134 Å². The van der Waals surface area contributed by atoms with Crippen molar-refractivity contribution in [1.82, 2.24) is 0 Å². The Kier molecular flexibility index (Phi) is 5.43. The summed E-state index contributed by atoms with van der Waals surface area (Å²) in [6, 6.07) is 13.8. The fraction of sp³-hybridized carbons (Fsp3) is 0.333. The summed E-state index contributed by atoms with van der Waals surface area (Å²) in [4.78, 5) is 0. The van der Waals surface area contributed by atoms with Gasteiger partial charge in [-0.1, -0.05) is 48.0 Å². The maximum absolute atomic E-state index is 9.62. The molecule has 112 valence electrons. The van der Waals surface area contributed by atoms with Crippen LogP contribution in [-0.2, 0) is 0 Å². The molecule has 2 atom stereocenters. The van der Waals surface area contributed by atoms with Crippen molar-refractivity contribution in [3.63, 3.8) is 0 Å². The van der Waals surface area contributed by atoms with E-state index in [9.17, 15) is 5.11 Å². The van der Waals surface area contributed by atoms with Crippen molar-refractivity contribution >= 4 is 15.9 Å². The van der Waals surface area contributed by atoms with E-state index < -0.39 is 6.10 Å². The van der Waals surface area contributed by atoms with Crippen LogP contribution in [0.3, 0.4) is 0 Å². The number of benzene rings is 2. The molecule has 2 aromatic carbocycles. The molecule has 2 rings (SSSR count). The molecule has 0 radical (unpaired) electrons. The fourth-order valence-corrected chi connectivity index (χ4v) is 2.84. The molecule has 2 unspecified atom stereocenters. The van der Waals surface area contributed by atoms with Crippen LogP contribution in [0.1, 0.15) is 50.3 Å². The largest absolute Gasteiger partial charge is 0.457 e. The number of hydrogen-bond acceptors (Lipinski definition) is 2. The van der Waals surface area contributed by atoms with E-state index in [4.69, 9.17) is 4.74 Å². The number of aliphatic hydroxyl groups excluding tert-OH is 1. The summed E-state index contributed by atoms with van der Waals surface area (Å²) in [6.07, 6.45) is 0.636. The van der Waals surface area contributed by atoms with Crippen LogP contribution in [0, 0.1) is 0 Å². The minimum absolute atomic E-state index is 0.497. The summed E-state index contributed by atoms with van der Waals surface area (Å²) >= 11 is 3.46. The second-order valence-corrected chi connectivity index (χ2v) is 6.19. The second-order valence-electron chi connectivity index (χ2n) is 5.34. The number of aliphatic hydroxyl groups is 1. The molecule has 3 heteroatoms. The van der Waals surface area contributed by atoms with Gasteiger partial charge in [0.05, 0.1) is 6.10 Å². The summed E-state index contributed by atoms with van der Waals surface area (Å²) in [7, 11) is 0. The molecule has 0 fully saturated rings. The van der Waals surface area contributed by atoms with Crippen molar-refractivity contribution < 1.29 is 9.84 Å². The molecule has 1 N–H and O–H groups in total. The number of ether oxygens (including phenoxy) is 1. The first-order valence-corrected chi connectivity index (χ1v) is 8.06. The quantitative estimate of drug-likeness (QED) is 0.738. The van der Waals surface area contributed by atoms with Gasteiger partial charge in [0.1, 0.15) is 11.5 Å². The van der Waals surface area contributed by atoms with Gasteiger partial charge in [-0.2, -0.15) is 0 Å². The van der Waals surface area contributed by atoms with E-state index in [1.54, 1.807) is 6.92 Å². The van der Waals surface area contributed by atoms with Gasteiger partial charge >= 0.3 is 0 Å². The number of halogens is 1. The molecular weight excluding hydrogens is 328 g/mol. The van der Waals surface area contributed by atoms with E-state index in [2.05, 4.69) is 41.9 Å². The van der Waals surface area contributed by atoms with E-state index in [-0.39, 0.29) is 0 Å². The molecule has 2 aromatic rings. The highest BCUT2D eigenvalue weighted by Gasteiger charge is 2.08. The normalized spacial score (nSPS) is 13.8. The molecule has 21 heavy (non-hydrogen) atoms. The van der Waals surface area contributed by atoms with Gasteiger partial charge in [0.2, 0.25) is 0 Å². The molecule has 0 aliphatic rings. The second kappa shape index (κ2) is 7.10. The fourth-order valence-electron chi connectivity index (χ4n) is 2.15. The first-order valence-electron chi connectivity index (χ1n) is 7.26. The summed E-state index contributed by atoms with van der Waals surface area (Å²) in [5.74, 6) is 2.14. The Bertz CT molecular complexity index is 591. The molecule has 0 bridgehead atoms. The monoisotopic (exact) mass is 348 g/mol. The van der Waals surface area contributed by atoms with Crippen LogP contribution in [0.5, 0.6) is 11.5 Å². The molecule has 0 aliphatic carbocycles. The van der Waals surface area contributed by atoms with Crippen molar-refractivity contribution in [3.8, 4) is 11.5 Å². The third-order valence-corrected chi connectivity index (χ3v) is 4.41. The van der Waals surface area contributed by atoms with Crippen LogP contribution in [0.25, 0.3) is 0 Å². The van der Waals surface area contributed by atoms with Crippen molar-refractivity contribution in [2.75, 3.05) is 0 Å². The van der Waals surface area contributed by atoms with Crippen LogP contribution < -0.4 is 4.74 Å². The molecule has 0 spiro atoms. The summed E-state index contributed by atoms with van der Waals surface area (Å²) < 4.78 is 6.70. The SMILES string of the molecule is CCC(C)c1ccc(Oc2ccc(C(C)O)c(Br)c2)cc1. The van der Waals surface area contributed by atoms with Gasteiger partial charge in [0, 0.05) is 4.47 Å². The average Bonchev–Trinajstić information content (AvgIpc) is 2.47. The Morgan fingerprint density at radius 1 is 1.05 bits per heavy atom. The zero-order valence-corrected chi connectivity index (χ0v) is 14.2. The lowest BCUT2D eigenvalue weighted by Gasteiger charge is -2.12. The molecule has 0 aromatic heterocycles. The minimum atomic E-state index is -0.497. The van der Waals surface area contributed by atoms with Crippen molar-refractivity contribution in [2.24, 2.45) is 0 Å². The smallest absolute Gasteiger partial charge is 0.128 e. The van der Waals surface area contributed by atoms with E-state index in [0.717, 1.165) is 28.0 Å². The van der Waals surface area contributed by atoms with E-state index in [1.807, 2.05) is 30.3 Å². The highest BCUT2D eigenvalue weighted by molar-refractivity contribution is 9.10. The molecule has 0 heterocycles. The molecule has 0 amide bonds. The van der Waals surface area contributed by atoms with Crippen molar-refractivity contribution in [2.45, 2.75) is 39.2 Å². The van der Waals surface area contributed by atoms with Crippen LogP contribution in [0.2, 0.25) is 0 Å². The van der Waals surface area contributed by atoms with Crippen molar-refractivity contribution in [3.05, 3.63) is 58.1 Å². The Balaban J connectivity index is 2.13. The zero-order valence-electron chi connectivity index (χ0n) is 12.6. The van der Waals surface area contributed by atoms with Crippen LogP contribution >= 0.6 is 15.9 Å². The topological polar surface area (TPSA) is 29.5 Å². The predicted molar refractivity (Wildman–Crippen MR) is 90.0 cm³/mol. The Morgan fingerprint density at radius 2 is 1.67 bits per heavy atom. The van der Waals surface area contributed by atoms with Gasteiger partial charge < -0.3 is 9.84 Å². The zero-order chi connectivity index (χ0) is 15.4. The van der Waals surface area contributed by atoms with Crippen molar-refractivity contribution in [1.29, 1.82) is 0 Å². The highest BCUT2D eigenvalue weighted by atomic mass is 79.9. The van der Waals surface area contributed by atoms with Crippen LogP contribution in [0.4, 0.5) is 0 Å². The minimum Gasteiger partial charge on any atom is -0.457 e. The lowest BCUT2D eigenvalue weighted by molar-refractivity contribution is 0.198. The van der Waals surface area contributed by atoms with E-state index in [0.29, 0.717) is 5.92 Å². The predicted octanol–water partition coefficient (Wildman–Crippen LogP) is 5.81. The molecule has 0 saturated carbocycles. The third-order valence-electron chi connectivity index (χ3n) is 3.72. The molecular formula is C18H21BrO2. The first-order chi connectivity index (χ1) is 10.0. The molecule has 0 saturated heterocycles. The highest BCUT2D eigenvalue weighted by Crippen LogP contribution is 2.30. The van der Waals surface area contributed by atoms with Gasteiger partial charge in [-0.3, -0.25) is 0 Å².